The summed E-state index contributed by atoms with van der Waals surface area (Å²) in [5.74, 6) is -0.772. The van der Waals surface area contributed by atoms with Gasteiger partial charge in [0.1, 0.15) is 0 Å². The van der Waals surface area contributed by atoms with E-state index in [1.807, 2.05) is 6.92 Å². The van der Waals surface area contributed by atoms with Crippen LogP contribution < -0.4 is 4.90 Å². The summed E-state index contributed by atoms with van der Waals surface area (Å²) in [7, 11) is 0. The van der Waals surface area contributed by atoms with E-state index in [2.05, 4.69) is 15.9 Å². The lowest BCUT2D eigenvalue weighted by Crippen LogP contribution is -2.41. The zero-order valence-electron chi connectivity index (χ0n) is 12.2. The molecule has 0 bridgehead atoms. The summed E-state index contributed by atoms with van der Waals surface area (Å²) in [4.78, 5) is 27.1. The van der Waals surface area contributed by atoms with Crippen molar-refractivity contribution in [1.29, 1.82) is 0 Å². The molecule has 1 aromatic carbocycles. The van der Waals surface area contributed by atoms with Gasteiger partial charge in [0, 0.05) is 16.6 Å². The summed E-state index contributed by atoms with van der Waals surface area (Å²) < 4.78 is 1.24. The molecule has 0 unspecified atom stereocenters. The van der Waals surface area contributed by atoms with E-state index in [0.717, 1.165) is 15.8 Å². The maximum Gasteiger partial charge on any atom is 0.264 e. The first-order chi connectivity index (χ1) is 10.9. The van der Waals surface area contributed by atoms with Crippen LogP contribution in [-0.2, 0) is 10.4 Å². The van der Waals surface area contributed by atoms with Gasteiger partial charge in [0.2, 0.25) is 0 Å². The highest BCUT2D eigenvalue weighted by Crippen LogP contribution is 2.44. The Hall–Kier alpha value is -1.21. The van der Waals surface area contributed by atoms with Crippen molar-refractivity contribution in [3.8, 4) is 0 Å². The standard InChI is InChI=1S/C16H13BrClNO3S/c1-2-19-11-4-3-9(17)7-10(11)16(22,15(19)21)8-12(20)13-5-6-14(18)23-13/h3-7,22H,2,8H2,1H3/t16-/m0/s1. The highest BCUT2D eigenvalue weighted by molar-refractivity contribution is 9.10. The van der Waals surface area contributed by atoms with Crippen LogP contribution >= 0.6 is 38.9 Å². The Morgan fingerprint density at radius 2 is 2.13 bits per heavy atom. The number of hydrogen-bond acceptors (Lipinski definition) is 4. The molecule has 0 spiro atoms. The van der Waals surface area contributed by atoms with Gasteiger partial charge < -0.3 is 10.0 Å². The molecule has 2 aromatic rings. The van der Waals surface area contributed by atoms with Crippen molar-refractivity contribution in [3.05, 3.63) is 49.6 Å². The summed E-state index contributed by atoms with van der Waals surface area (Å²) in [5.41, 5.74) is -0.752. The molecule has 1 aliphatic heterocycles. The number of nitrogens with zero attached hydrogens (tertiary/aromatic N) is 1. The Morgan fingerprint density at radius 3 is 2.74 bits per heavy atom. The molecule has 1 aliphatic rings. The summed E-state index contributed by atoms with van der Waals surface area (Å²) in [6.45, 7) is 2.26. The number of thiophene rings is 1. The molecule has 23 heavy (non-hydrogen) atoms. The number of benzene rings is 1. The van der Waals surface area contributed by atoms with Crippen LogP contribution in [0.25, 0.3) is 0 Å². The number of rotatable bonds is 4. The second kappa shape index (κ2) is 6.02. The topological polar surface area (TPSA) is 57.6 Å². The molecule has 3 rings (SSSR count). The summed E-state index contributed by atoms with van der Waals surface area (Å²) in [6.07, 6.45) is -0.303. The Balaban J connectivity index is 2.02. The van der Waals surface area contributed by atoms with Gasteiger partial charge >= 0.3 is 0 Å². The number of ketones is 1. The molecule has 4 nitrogen and oxygen atoms in total. The third kappa shape index (κ3) is 2.74. The molecule has 0 saturated carbocycles. The third-order valence-corrected chi connectivity index (χ3v) is 5.64. The SMILES string of the molecule is CCN1C(=O)[C@](O)(CC(=O)c2ccc(Cl)s2)c2cc(Br)ccc21. The first-order valence-electron chi connectivity index (χ1n) is 6.99. The van der Waals surface area contributed by atoms with E-state index in [-0.39, 0.29) is 12.2 Å². The van der Waals surface area contributed by atoms with Gasteiger partial charge in [-0.05, 0) is 37.3 Å². The van der Waals surface area contributed by atoms with Gasteiger partial charge in [-0.15, -0.1) is 11.3 Å². The Morgan fingerprint density at radius 1 is 1.39 bits per heavy atom. The monoisotopic (exact) mass is 413 g/mol. The van der Waals surface area contributed by atoms with Crippen molar-refractivity contribution >= 4 is 56.2 Å². The molecule has 1 atom stereocenters. The van der Waals surface area contributed by atoms with Gasteiger partial charge in [-0.3, -0.25) is 9.59 Å². The molecule has 0 fully saturated rings. The fourth-order valence-electron chi connectivity index (χ4n) is 2.79. The zero-order valence-corrected chi connectivity index (χ0v) is 15.3. The second-order valence-corrected chi connectivity index (χ2v) is 7.91. The number of carbonyl (C=O) groups excluding carboxylic acids is 2. The fraction of sp³-hybridized carbons (Fsp3) is 0.250. The lowest BCUT2D eigenvalue weighted by molar-refractivity contribution is -0.135. The first-order valence-corrected chi connectivity index (χ1v) is 8.98. The van der Waals surface area contributed by atoms with Gasteiger partial charge in [0.15, 0.2) is 11.4 Å². The van der Waals surface area contributed by atoms with E-state index < -0.39 is 11.5 Å². The minimum Gasteiger partial charge on any atom is -0.375 e. The summed E-state index contributed by atoms with van der Waals surface area (Å²) >= 11 is 10.3. The van der Waals surface area contributed by atoms with E-state index in [0.29, 0.717) is 27.0 Å². The number of likely N-dealkylation sites (N-methyl/N-ethyl adjacent to an activating group) is 1. The van der Waals surface area contributed by atoms with Crippen molar-refractivity contribution in [2.24, 2.45) is 0 Å². The highest BCUT2D eigenvalue weighted by atomic mass is 79.9. The van der Waals surface area contributed by atoms with Crippen LogP contribution in [0, 0.1) is 0 Å². The average Bonchev–Trinajstić information content (AvgIpc) is 3.02. The van der Waals surface area contributed by atoms with Crippen molar-refractivity contribution in [3.63, 3.8) is 0 Å². The number of hydrogen-bond donors (Lipinski definition) is 1. The van der Waals surface area contributed by atoms with Crippen LogP contribution in [0.5, 0.6) is 0 Å². The van der Waals surface area contributed by atoms with Crippen LogP contribution in [0.2, 0.25) is 4.34 Å². The van der Waals surface area contributed by atoms with Crippen molar-refractivity contribution < 1.29 is 14.7 Å². The number of fused-ring (bicyclic) bond motifs is 1. The van der Waals surface area contributed by atoms with Crippen molar-refractivity contribution in [2.75, 3.05) is 11.4 Å². The number of carbonyl (C=O) groups is 2. The quantitative estimate of drug-likeness (QED) is 0.770. The van der Waals surface area contributed by atoms with E-state index in [1.165, 1.54) is 4.90 Å². The van der Waals surface area contributed by atoms with Gasteiger partial charge in [-0.25, -0.2) is 0 Å². The Bertz CT molecular complexity index is 806. The van der Waals surface area contributed by atoms with Gasteiger partial charge in [-0.2, -0.15) is 0 Å². The highest BCUT2D eigenvalue weighted by Gasteiger charge is 2.50. The number of anilines is 1. The number of halogens is 2. The predicted molar refractivity (Wildman–Crippen MR) is 94.3 cm³/mol. The van der Waals surface area contributed by atoms with Crippen LogP contribution in [0.4, 0.5) is 5.69 Å². The molecule has 1 N–H and O–H groups in total. The molecular formula is C16H13BrClNO3S. The number of aliphatic hydroxyl groups is 1. The minimum atomic E-state index is -1.84. The number of Topliss-reactive ketones (excluding diaryl/α,β-unsaturated/α-hetero) is 1. The number of amides is 1. The van der Waals surface area contributed by atoms with Crippen molar-refractivity contribution in [1.82, 2.24) is 0 Å². The molecular weight excluding hydrogens is 402 g/mol. The molecule has 0 saturated heterocycles. The molecule has 1 aromatic heterocycles. The summed E-state index contributed by atoms with van der Waals surface area (Å²) in [5, 5.41) is 11.0. The van der Waals surface area contributed by atoms with Crippen LogP contribution in [-0.4, -0.2) is 23.3 Å². The Labute approximate surface area is 150 Å². The Kier molecular flexibility index (Phi) is 4.35. The maximum atomic E-state index is 12.7. The normalized spacial score (nSPS) is 20.0. The van der Waals surface area contributed by atoms with Crippen LogP contribution in [0.3, 0.4) is 0 Å². The zero-order chi connectivity index (χ0) is 16.8. The smallest absolute Gasteiger partial charge is 0.264 e. The molecule has 0 radical (unpaired) electrons. The lowest BCUT2D eigenvalue weighted by Gasteiger charge is -2.21. The van der Waals surface area contributed by atoms with E-state index in [9.17, 15) is 14.7 Å². The van der Waals surface area contributed by atoms with E-state index >= 15 is 0 Å². The maximum absolute atomic E-state index is 12.7. The first kappa shape index (κ1) is 16.6. The minimum absolute atomic E-state index is 0.303. The van der Waals surface area contributed by atoms with Gasteiger partial charge in [-0.1, -0.05) is 27.5 Å². The fourth-order valence-corrected chi connectivity index (χ4v) is 4.13. The third-order valence-electron chi connectivity index (χ3n) is 3.87. The molecule has 120 valence electrons. The predicted octanol–water partition coefficient (Wildman–Crippen LogP) is 3.99. The van der Waals surface area contributed by atoms with Crippen LogP contribution in [0.15, 0.2) is 34.8 Å². The van der Waals surface area contributed by atoms with Crippen molar-refractivity contribution in [2.45, 2.75) is 18.9 Å². The van der Waals surface area contributed by atoms with Gasteiger partial charge in [0.25, 0.3) is 5.91 Å². The van der Waals surface area contributed by atoms with E-state index in [1.54, 1.807) is 30.3 Å². The largest absolute Gasteiger partial charge is 0.375 e. The molecule has 0 aliphatic carbocycles. The molecule has 7 heteroatoms. The molecule has 1 amide bonds. The average molecular weight is 415 g/mol. The lowest BCUT2D eigenvalue weighted by atomic mass is 9.89. The second-order valence-electron chi connectivity index (χ2n) is 5.27. The summed E-state index contributed by atoms with van der Waals surface area (Å²) in [6, 6.07) is 8.50. The molecule has 2 heterocycles. The van der Waals surface area contributed by atoms with Crippen LogP contribution in [0.1, 0.15) is 28.6 Å². The van der Waals surface area contributed by atoms with Gasteiger partial charge in [0.05, 0.1) is 21.3 Å². The van der Waals surface area contributed by atoms with E-state index in [4.69, 9.17) is 11.6 Å².